The molecule has 0 saturated heterocycles. The highest BCUT2D eigenvalue weighted by Gasteiger charge is 2.10. The molecule has 0 bridgehead atoms. The van der Waals surface area contributed by atoms with Gasteiger partial charge in [-0.05, 0) is 24.3 Å². The van der Waals surface area contributed by atoms with Crippen LogP contribution in [0.4, 0.5) is 17.2 Å². The number of benzene rings is 2. The topological polar surface area (TPSA) is 105 Å². The van der Waals surface area contributed by atoms with Crippen molar-refractivity contribution in [2.45, 2.75) is 13.5 Å². The molecule has 0 atom stereocenters. The van der Waals surface area contributed by atoms with Crippen LogP contribution in [0.2, 0.25) is 0 Å². The summed E-state index contributed by atoms with van der Waals surface area (Å²) in [6.45, 7) is 1.94. The van der Waals surface area contributed by atoms with Gasteiger partial charge in [-0.25, -0.2) is 9.97 Å². The summed E-state index contributed by atoms with van der Waals surface area (Å²) in [5.41, 5.74) is 2.30. The molecular formula is C21H21N5O3. The van der Waals surface area contributed by atoms with Gasteiger partial charge in [-0.1, -0.05) is 24.3 Å². The summed E-state index contributed by atoms with van der Waals surface area (Å²) in [7, 11) is 1.62. The van der Waals surface area contributed by atoms with Gasteiger partial charge in [0.25, 0.3) is 5.91 Å². The zero-order valence-corrected chi connectivity index (χ0v) is 16.1. The number of hydrogen-bond acceptors (Lipinski definition) is 6. The van der Waals surface area contributed by atoms with E-state index in [2.05, 4.69) is 25.9 Å². The summed E-state index contributed by atoms with van der Waals surface area (Å²) >= 11 is 0. The molecule has 0 saturated carbocycles. The minimum absolute atomic E-state index is 0.178. The molecule has 0 aliphatic heterocycles. The van der Waals surface area contributed by atoms with Crippen LogP contribution in [0.1, 0.15) is 23.0 Å². The normalized spacial score (nSPS) is 10.1. The average molecular weight is 391 g/mol. The number of ether oxygens (including phenoxy) is 1. The van der Waals surface area contributed by atoms with Gasteiger partial charge in [0.05, 0.1) is 19.5 Å². The van der Waals surface area contributed by atoms with Crippen molar-refractivity contribution >= 4 is 29.0 Å². The Morgan fingerprint density at radius 1 is 0.966 bits per heavy atom. The molecule has 2 amide bonds. The molecule has 0 radical (unpaired) electrons. The van der Waals surface area contributed by atoms with Crippen molar-refractivity contribution in [3.05, 3.63) is 72.2 Å². The van der Waals surface area contributed by atoms with Gasteiger partial charge in [-0.15, -0.1) is 0 Å². The Morgan fingerprint density at radius 3 is 2.41 bits per heavy atom. The average Bonchev–Trinajstić information content (AvgIpc) is 2.72. The molecule has 29 heavy (non-hydrogen) atoms. The second-order valence-corrected chi connectivity index (χ2v) is 6.17. The second kappa shape index (κ2) is 9.32. The molecule has 8 nitrogen and oxygen atoms in total. The van der Waals surface area contributed by atoms with Gasteiger partial charge in [-0.3, -0.25) is 9.59 Å². The molecule has 2 aromatic carbocycles. The van der Waals surface area contributed by atoms with Gasteiger partial charge in [-0.2, -0.15) is 0 Å². The molecule has 0 spiro atoms. The Kier molecular flexibility index (Phi) is 6.36. The molecular weight excluding hydrogens is 370 g/mol. The lowest BCUT2D eigenvalue weighted by Crippen LogP contribution is -2.15. The molecule has 3 aromatic rings. The molecule has 3 rings (SSSR count). The van der Waals surface area contributed by atoms with Crippen LogP contribution in [-0.4, -0.2) is 28.9 Å². The predicted molar refractivity (Wildman–Crippen MR) is 111 cm³/mol. The molecule has 148 valence electrons. The Balaban J connectivity index is 1.61. The van der Waals surface area contributed by atoms with Crippen molar-refractivity contribution in [2.24, 2.45) is 0 Å². The van der Waals surface area contributed by atoms with Crippen LogP contribution in [0, 0.1) is 0 Å². The molecule has 8 heteroatoms. The van der Waals surface area contributed by atoms with Crippen molar-refractivity contribution in [1.82, 2.24) is 9.97 Å². The molecule has 0 aliphatic carbocycles. The van der Waals surface area contributed by atoms with Crippen molar-refractivity contribution in [1.29, 1.82) is 0 Å². The zero-order valence-electron chi connectivity index (χ0n) is 16.1. The first kappa shape index (κ1) is 19.8. The lowest BCUT2D eigenvalue weighted by molar-refractivity contribution is -0.114. The number of amides is 2. The van der Waals surface area contributed by atoms with Crippen molar-refractivity contribution in [3.8, 4) is 5.75 Å². The summed E-state index contributed by atoms with van der Waals surface area (Å²) in [5, 5.41) is 8.55. The third-order valence-electron chi connectivity index (χ3n) is 3.98. The zero-order chi connectivity index (χ0) is 20.6. The van der Waals surface area contributed by atoms with Crippen LogP contribution in [0.5, 0.6) is 5.75 Å². The summed E-state index contributed by atoms with van der Waals surface area (Å²) < 4.78 is 5.32. The monoisotopic (exact) mass is 391 g/mol. The number of nitrogens with zero attached hydrogens (tertiary/aromatic N) is 2. The first-order valence-corrected chi connectivity index (χ1v) is 8.92. The maximum absolute atomic E-state index is 12.4. The Hall–Kier alpha value is -3.94. The van der Waals surface area contributed by atoms with Crippen LogP contribution in [-0.2, 0) is 11.3 Å². The molecule has 3 N–H and O–H groups in total. The lowest BCUT2D eigenvalue weighted by Gasteiger charge is -2.10. The van der Waals surface area contributed by atoms with Crippen molar-refractivity contribution in [3.63, 3.8) is 0 Å². The molecule has 0 unspecified atom stereocenters. The summed E-state index contributed by atoms with van der Waals surface area (Å²) in [4.78, 5) is 31.9. The number of aromatic nitrogens is 2. The van der Waals surface area contributed by atoms with Crippen LogP contribution < -0.4 is 20.7 Å². The number of carbonyl (C=O) groups is 2. The molecule has 1 heterocycles. The standard InChI is InChI=1S/C21H21N5O3/c1-14(27)25-16-7-5-8-17(10-16)26-21(28)18-12-24-20(13-22-18)23-11-15-6-3-4-9-19(15)29-2/h3-10,12-13H,11H2,1-2H3,(H,23,24)(H,25,27)(H,26,28). The number of nitrogens with one attached hydrogen (secondary N) is 3. The van der Waals surface area contributed by atoms with Gasteiger partial charge in [0.2, 0.25) is 5.91 Å². The number of rotatable bonds is 7. The predicted octanol–water partition coefficient (Wildman–Crippen LogP) is 3.31. The van der Waals surface area contributed by atoms with Gasteiger partial charge in [0.1, 0.15) is 17.3 Å². The summed E-state index contributed by atoms with van der Waals surface area (Å²) in [5.74, 6) is 0.745. The van der Waals surface area contributed by atoms with E-state index in [1.54, 1.807) is 31.4 Å². The Labute approximate surface area is 168 Å². The number of para-hydroxylation sites is 1. The van der Waals surface area contributed by atoms with E-state index in [1.807, 2.05) is 24.3 Å². The third-order valence-corrected chi connectivity index (χ3v) is 3.98. The third kappa shape index (κ3) is 5.52. The highest BCUT2D eigenvalue weighted by Crippen LogP contribution is 2.19. The first-order valence-electron chi connectivity index (χ1n) is 8.92. The van der Waals surface area contributed by atoms with Crippen LogP contribution in [0.15, 0.2) is 60.9 Å². The van der Waals surface area contributed by atoms with E-state index in [-0.39, 0.29) is 11.6 Å². The molecule has 0 aliphatic rings. The fraction of sp³-hybridized carbons (Fsp3) is 0.143. The van der Waals surface area contributed by atoms with Gasteiger partial charge in [0, 0.05) is 30.4 Å². The maximum Gasteiger partial charge on any atom is 0.275 e. The summed E-state index contributed by atoms with van der Waals surface area (Å²) in [6, 6.07) is 14.5. The smallest absolute Gasteiger partial charge is 0.275 e. The highest BCUT2D eigenvalue weighted by molar-refractivity contribution is 6.03. The largest absolute Gasteiger partial charge is 0.496 e. The van der Waals surface area contributed by atoms with Crippen molar-refractivity contribution < 1.29 is 14.3 Å². The molecule has 1 aromatic heterocycles. The van der Waals surface area contributed by atoms with Crippen LogP contribution >= 0.6 is 0 Å². The van der Waals surface area contributed by atoms with E-state index < -0.39 is 5.91 Å². The number of carbonyl (C=O) groups excluding carboxylic acids is 2. The lowest BCUT2D eigenvalue weighted by atomic mass is 10.2. The van der Waals surface area contributed by atoms with E-state index in [1.165, 1.54) is 19.3 Å². The van der Waals surface area contributed by atoms with Crippen molar-refractivity contribution in [2.75, 3.05) is 23.1 Å². The fourth-order valence-electron chi connectivity index (χ4n) is 2.64. The number of anilines is 3. The summed E-state index contributed by atoms with van der Waals surface area (Å²) in [6.07, 6.45) is 2.90. The number of hydrogen-bond donors (Lipinski definition) is 3. The second-order valence-electron chi connectivity index (χ2n) is 6.17. The fourth-order valence-corrected chi connectivity index (χ4v) is 2.64. The van der Waals surface area contributed by atoms with Crippen LogP contribution in [0.25, 0.3) is 0 Å². The van der Waals surface area contributed by atoms with E-state index in [0.717, 1.165) is 11.3 Å². The van der Waals surface area contributed by atoms with E-state index in [9.17, 15) is 9.59 Å². The minimum Gasteiger partial charge on any atom is -0.496 e. The quantitative estimate of drug-likeness (QED) is 0.571. The molecule has 0 fully saturated rings. The van der Waals surface area contributed by atoms with Gasteiger partial charge < -0.3 is 20.7 Å². The van der Waals surface area contributed by atoms with Crippen LogP contribution in [0.3, 0.4) is 0 Å². The highest BCUT2D eigenvalue weighted by atomic mass is 16.5. The SMILES string of the molecule is COc1ccccc1CNc1cnc(C(=O)Nc2cccc(NC(C)=O)c2)cn1. The van der Waals surface area contributed by atoms with E-state index in [4.69, 9.17) is 4.74 Å². The number of methoxy groups -OCH3 is 1. The Morgan fingerprint density at radius 2 is 1.72 bits per heavy atom. The minimum atomic E-state index is -0.395. The van der Waals surface area contributed by atoms with Gasteiger partial charge >= 0.3 is 0 Å². The Bertz CT molecular complexity index is 1010. The van der Waals surface area contributed by atoms with Gasteiger partial charge in [0.15, 0.2) is 0 Å². The van der Waals surface area contributed by atoms with E-state index in [0.29, 0.717) is 23.7 Å². The van der Waals surface area contributed by atoms with E-state index >= 15 is 0 Å². The maximum atomic E-state index is 12.4. The first-order chi connectivity index (χ1) is 14.0.